The van der Waals surface area contributed by atoms with E-state index in [9.17, 15) is 9.90 Å². The van der Waals surface area contributed by atoms with Crippen molar-refractivity contribution in [2.75, 3.05) is 6.54 Å². The fourth-order valence-corrected chi connectivity index (χ4v) is 2.19. The van der Waals surface area contributed by atoms with Gasteiger partial charge < -0.3 is 10.4 Å². The Kier molecular flexibility index (Phi) is 6.01. The number of carbonyl (C=O) groups excluding carboxylic acids is 1. The van der Waals surface area contributed by atoms with Gasteiger partial charge in [-0.15, -0.1) is 0 Å². The molecule has 106 valence electrons. The molecule has 19 heavy (non-hydrogen) atoms. The van der Waals surface area contributed by atoms with E-state index in [1.807, 2.05) is 38.1 Å². The average molecular weight is 328 g/mol. The summed E-state index contributed by atoms with van der Waals surface area (Å²) in [4.78, 5) is 11.9. The molecule has 2 N–H and O–H groups in total. The molecule has 3 nitrogen and oxygen atoms in total. The molecule has 0 heterocycles. The maximum absolute atomic E-state index is 11.9. The number of hydrogen-bond acceptors (Lipinski definition) is 2. The lowest BCUT2D eigenvalue weighted by molar-refractivity contribution is -0.122. The molecule has 0 fully saturated rings. The Labute approximate surface area is 123 Å². The van der Waals surface area contributed by atoms with Crippen LogP contribution in [0.3, 0.4) is 0 Å². The van der Waals surface area contributed by atoms with Crippen molar-refractivity contribution < 1.29 is 9.90 Å². The third-order valence-corrected chi connectivity index (χ3v) is 4.40. The zero-order valence-corrected chi connectivity index (χ0v) is 13.3. The van der Waals surface area contributed by atoms with E-state index in [0.717, 1.165) is 16.5 Å². The van der Waals surface area contributed by atoms with E-state index in [0.29, 0.717) is 6.42 Å². The normalized spacial score (nSPS) is 15.6. The number of hydrogen-bond donors (Lipinski definition) is 2. The topological polar surface area (TPSA) is 49.3 Å². The monoisotopic (exact) mass is 327 g/mol. The van der Waals surface area contributed by atoms with E-state index in [-0.39, 0.29) is 18.4 Å². The van der Waals surface area contributed by atoms with Crippen LogP contribution in [0, 0.1) is 5.92 Å². The Morgan fingerprint density at radius 3 is 2.68 bits per heavy atom. The van der Waals surface area contributed by atoms with Crippen molar-refractivity contribution in [2.45, 2.75) is 39.2 Å². The van der Waals surface area contributed by atoms with Crippen molar-refractivity contribution in [2.24, 2.45) is 5.92 Å². The zero-order chi connectivity index (χ0) is 14.5. The van der Waals surface area contributed by atoms with Gasteiger partial charge in [-0.25, -0.2) is 0 Å². The van der Waals surface area contributed by atoms with Gasteiger partial charge in [-0.1, -0.05) is 54.4 Å². The van der Waals surface area contributed by atoms with E-state index in [1.54, 1.807) is 6.92 Å². The molecule has 0 saturated carbocycles. The molecule has 0 aliphatic heterocycles. The van der Waals surface area contributed by atoms with E-state index >= 15 is 0 Å². The fraction of sp³-hybridized carbons (Fsp3) is 0.533. The third-order valence-electron chi connectivity index (χ3n) is 3.63. The summed E-state index contributed by atoms with van der Waals surface area (Å²) < 4.78 is 0.929. The predicted octanol–water partition coefficient (Wildman–Crippen LogP) is 2.90. The maximum atomic E-state index is 11.9. The first kappa shape index (κ1) is 16.2. The number of amides is 1. The molecular formula is C15H22BrNO2. The molecule has 2 atom stereocenters. The molecule has 0 aliphatic rings. The lowest BCUT2D eigenvalue weighted by atomic mass is 9.88. The Morgan fingerprint density at radius 2 is 2.11 bits per heavy atom. The molecular weight excluding hydrogens is 306 g/mol. The largest absolute Gasteiger partial charge is 0.388 e. The highest BCUT2D eigenvalue weighted by atomic mass is 79.9. The van der Waals surface area contributed by atoms with Gasteiger partial charge in [0.1, 0.15) is 0 Å². The Hall–Kier alpha value is -0.870. The first-order valence-electron chi connectivity index (χ1n) is 6.59. The molecule has 0 aromatic heterocycles. The van der Waals surface area contributed by atoms with Gasteiger partial charge in [0.05, 0.1) is 12.0 Å². The summed E-state index contributed by atoms with van der Waals surface area (Å²) in [5.74, 6) is 0.0757. The molecule has 1 aromatic rings. The maximum Gasteiger partial charge on any atom is 0.224 e. The highest BCUT2D eigenvalue weighted by Crippen LogP contribution is 2.19. The van der Waals surface area contributed by atoms with Crippen LogP contribution in [0.15, 0.2) is 28.7 Å². The number of rotatable bonds is 6. The second-order valence-electron chi connectivity index (χ2n) is 5.21. The van der Waals surface area contributed by atoms with Crippen LogP contribution in [0.2, 0.25) is 0 Å². The molecule has 4 heteroatoms. The van der Waals surface area contributed by atoms with Gasteiger partial charge in [-0.2, -0.15) is 0 Å². The van der Waals surface area contributed by atoms with Gasteiger partial charge in [0, 0.05) is 11.0 Å². The minimum atomic E-state index is -0.863. The van der Waals surface area contributed by atoms with Crippen LogP contribution in [0.25, 0.3) is 0 Å². The summed E-state index contributed by atoms with van der Waals surface area (Å²) in [5.41, 5.74) is 0.0846. The van der Waals surface area contributed by atoms with Gasteiger partial charge in [0.15, 0.2) is 0 Å². The van der Waals surface area contributed by atoms with E-state index in [1.165, 1.54) is 0 Å². The molecule has 0 saturated heterocycles. The molecule has 1 rings (SSSR count). The van der Waals surface area contributed by atoms with Crippen molar-refractivity contribution in [3.63, 3.8) is 0 Å². The summed E-state index contributed by atoms with van der Waals surface area (Å²) in [7, 11) is 0. The van der Waals surface area contributed by atoms with E-state index in [4.69, 9.17) is 0 Å². The number of carbonyl (C=O) groups is 1. The summed E-state index contributed by atoms with van der Waals surface area (Å²) in [6.45, 7) is 6.06. The molecule has 1 amide bonds. The van der Waals surface area contributed by atoms with Gasteiger partial charge in [0.2, 0.25) is 5.91 Å². The van der Waals surface area contributed by atoms with Crippen LogP contribution in [0.1, 0.15) is 32.8 Å². The lowest BCUT2D eigenvalue weighted by Crippen LogP contribution is -2.45. The van der Waals surface area contributed by atoms with Crippen LogP contribution in [0.4, 0.5) is 0 Å². The highest BCUT2D eigenvalue weighted by molar-refractivity contribution is 9.10. The summed E-state index contributed by atoms with van der Waals surface area (Å²) in [6.07, 6.45) is 1.20. The lowest BCUT2D eigenvalue weighted by Gasteiger charge is -2.29. The molecule has 2 unspecified atom stereocenters. The summed E-state index contributed by atoms with van der Waals surface area (Å²) in [5, 5.41) is 13.0. The van der Waals surface area contributed by atoms with E-state index in [2.05, 4.69) is 21.2 Å². The Morgan fingerprint density at radius 1 is 1.47 bits per heavy atom. The van der Waals surface area contributed by atoms with Crippen molar-refractivity contribution in [1.82, 2.24) is 5.32 Å². The number of halogens is 1. The minimum absolute atomic E-state index is 0.0736. The third kappa shape index (κ3) is 4.96. The SMILES string of the molecule is CCC(C)C(C)(O)CNC(=O)Cc1ccccc1Br. The fourth-order valence-electron chi connectivity index (χ4n) is 1.77. The predicted molar refractivity (Wildman–Crippen MR) is 80.9 cm³/mol. The minimum Gasteiger partial charge on any atom is -0.388 e. The van der Waals surface area contributed by atoms with Crippen molar-refractivity contribution >= 4 is 21.8 Å². The van der Waals surface area contributed by atoms with Crippen LogP contribution < -0.4 is 5.32 Å². The van der Waals surface area contributed by atoms with Crippen LogP contribution in [0.5, 0.6) is 0 Å². The molecule has 0 spiro atoms. The Bertz CT molecular complexity index is 432. The molecule has 0 bridgehead atoms. The first-order valence-corrected chi connectivity index (χ1v) is 7.38. The summed E-state index contributed by atoms with van der Waals surface area (Å²) in [6, 6.07) is 7.65. The van der Waals surface area contributed by atoms with Gasteiger partial charge >= 0.3 is 0 Å². The van der Waals surface area contributed by atoms with Gasteiger partial charge in [-0.05, 0) is 24.5 Å². The average Bonchev–Trinajstić information content (AvgIpc) is 2.38. The first-order chi connectivity index (χ1) is 8.86. The number of benzene rings is 1. The standard InChI is InChI=1S/C15H22BrNO2/c1-4-11(2)15(3,19)10-17-14(18)9-12-7-5-6-8-13(12)16/h5-8,11,19H,4,9-10H2,1-3H3,(H,17,18). The van der Waals surface area contributed by atoms with Crippen LogP contribution in [-0.2, 0) is 11.2 Å². The van der Waals surface area contributed by atoms with Crippen molar-refractivity contribution in [3.8, 4) is 0 Å². The number of nitrogens with one attached hydrogen (secondary N) is 1. The smallest absolute Gasteiger partial charge is 0.224 e. The van der Waals surface area contributed by atoms with E-state index < -0.39 is 5.60 Å². The number of aliphatic hydroxyl groups is 1. The molecule has 0 radical (unpaired) electrons. The van der Waals surface area contributed by atoms with Gasteiger partial charge in [0.25, 0.3) is 0 Å². The van der Waals surface area contributed by atoms with Crippen molar-refractivity contribution in [1.29, 1.82) is 0 Å². The second kappa shape index (κ2) is 7.06. The van der Waals surface area contributed by atoms with Crippen LogP contribution in [-0.4, -0.2) is 23.2 Å². The van der Waals surface area contributed by atoms with Crippen molar-refractivity contribution in [3.05, 3.63) is 34.3 Å². The second-order valence-corrected chi connectivity index (χ2v) is 6.07. The molecule has 1 aromatic carbocycles. The summed E-state index contributed by atoms with van der Waals surface area (Å²) >= 11 is 3.42. The molecule has 0 aliphatic carbocycles. The zero-order valence-electron chi connectivity index (χ0n) is 11.7. The quantitative estimate of drug-likeness (QED) is 0.844. The highest BCUT2D eigenvalue weighted by Gasteiger charge is 2.27. The van der Waals surface area contributed by atoms with Crippen LogP contribution >= 0.6 is 15.9 Å². The van der Waals surface area contributed by atoms with Gasteiger partial charge in [-0.3, -0.25) is 4.79 Å². The Balaban J connectivity index is 2.51.